The number of phenolic OH excluding ortho intramolecular Hbond substituents is 1. The molecule has 138 valence electrons. The lowest BCUT2D eigenvalue weighted by atomic mass is 10.2. The third-order valence-corrected chi connectivity index (χ3v) is 3.58. The lowest BCUT2D eigenvalue weighted by molar-refractivity contribution is -0.137. The van der Waals surface area contributed by atoms with Crippen molar-refractivity contribution in [3.63, 3.8) is 0 Å². The minimum atomic E-state index is -4.44. The van der Waals surface area contributed by atoms with E-state index in [4.69, 9.17) is 28.6 Å². The Balaban J connectivity index is 2.01. The maximum Gasteiger partial charge on any atom is 0.416 e. The van der Waals surface area contributed by atoms with Gasteiger partial charge in [0.1, 0.15) is 0 Å². The van der Waals surface area contributed by atoms with E-state index < -0.39 is 11.7 Å². The second-order valence-corrected chi connectivity index (χ2v) is 5.77. The van der Waals surface area contributed by atoms with Crippen molar-refractivity contribution in [3.05, 3.63) is 52.5 Å². The van der Waals surface area contributed by atoms with Crippen LogP contribution in [0.25, 0.3) is 0 Å². The molecule has 0 radical (unpaired) electrons. The van der Waals surface area contributed by atoms with Crippen LogP contribution in [-0.2, 0) is 6.18 Å². The van der Waals surface area contributed by atoms with Gasteiger partial charge in [0.15, 0.2) is 16.6 Å². The maximum atomic E-state index is 12.7. The van der Waals surface area contributed by atoms with E-state index >= 15 is 0 Å². The van der Waals surface area contributed by atoms with Gasteiger partial charge in [0, 0.05) is 5.69 Å². The third-order valence-electron chi connectivity index (χ3n) is 3.10. The molecule has 5 nitrogen and oxygen atoms in total. The van der Waals surface area contributed by atoms with Gasteiger partial charge in [-0.2, -0.15) is 18.3 Å². The molecular weight excluding hydrogens is 391 g/mol. The summed E-state index contributed by atoms with van der Waals surface area (Å²) in [6.07, 6.45) is -3.09. The van der Waals surface area contributed by atoms with Gasteiger partial charge in [0.05, 0.1) is 23.9 Å². The Morgan fingerprint density at radius 3 is 2.69 bits per heavy atom. The zero-order valence-electron chi connectivity index (χ0n) is 13.3. The summed E-state index contributed by atoms with van der Waals surface area (Å²) in [5, 5.41) is 16.2. The van der Waals surface area contributed by atoms with Crippen molar-refractivity contribution in [2.75, 3.05) is 12.4 Å². The van der Waals surface area contributed by atoms with Crippen LogP contribution in [0.2, 0.25) is 5.02 Å². The maximum absolute atomic E-state index is 12.7. The molecule has 3 N–H and O–H groups in total. The molecule has 0 bridgehead atoms. The summed E-state index contributed by atoms with van der Waals surface area (Å²) < 4.78 is 43.0. The highest BCUT2D eigenvalue weighted by atomic mass is 35.5. The largest absolute Gasteiger partial charge is 0.503 e. The molecule has 10 heteroatoms. The van der Waals surface area contributed by atoms with E-state index in [9.17, 15) is 18.3 Å². The van der Waals surface area contributed by atoms with Crippen LogP contribution in [0.4, 0.5) is 18.9 Å². The SMILES string of the molecule is COc1cc(/C=N/NC(=S)Nc2cccc(C(F)(F)F)c2)cc(Cl)c1O. The van der Waals surface area contributed by atoms with Crippen LogP contribution in [0.5, 0.6) is 11.5 Å². The first-order valence-corrected chi connectivity index (χ1v) is 7.83. The van der Waals surface area contributed by atoms with Gasteiger partial charge < -0.3 is 15.2 Å². The number of nitrogens with zero attached hydrogens (tertiary/aromatic N) is 1. The Labute approximate surface area is 157 Å². The van der Waals surface area contributed by atoms with Crippen molar-refractivity contribution < 1.29 is 23.0 Å². The van der Waals surface area contributed by atoms with E-state index in [0.717, 1.165) is 12.1 Å². The molecule has 2 aromatic carbocycles. The average molecular weight is 404 g/mol. The first-order valence-electron chi connectivity index (χ1n) is 7.04. The van der Waals surface area contributed by atoms with Crippen LogP contribution in [0.3, 0.4) is 0 Å². The predicted molar refractivity (Wildman–Crippen MR) is 98.1 cm³/mol. The van der Waals surface area contributed by atoms with Crippen LogP contribution in [0, 0.1) is 0 Å². The fraction of sp³-hybridized carbons (Fsp3) is 0.125. The topological polar surface area (TPSA) is 65.9 Å². The first-order chi connectivity index (χ1) is 12.2. The number of methoxy groups -OCH3 is 1. The van der Waals surface area contributed by atoms with Gasteiger partial charge in [-0.15, -0.1) is 0 Å². The smallest absolute Gasteiger partial charge is 0.416 e. The van der Waals surface area contributed by atoms with E-state index in [1.165, 1.54) is 37.6 Å². The van der Waals surface area contributed by atoms with Gasteiger partial charge in [-0.25, -0.2) is 0 Å². The molecule has 0 heterocycles. The summed E-state index contributed by atoms with van der Waals surface area (Å²) in [5.41, 5.74) is 2.36. The third kappa shape index (κ3) is 5.24. The molecule has 0 atom stereocenters. The molecule has 0 spiro atoms. The van der Waals surface area contributed by atoms with Crippen LogP contribution >= 0.6 is 23.8 Å². The second-order valence-electron chi connectivity index (χ2n) is 4.96. The van der Waals surface area contributed by atoms with Crippen molar-refractivity contribution in [2.24, 2.45) is 5.10 Å². The molecule has 0 fully saturated rings. The Morgan fingerprint density at radius 1 is 1.31 bits per heavy atom. The van der Waals surface area contributed by atoms with E-state index in [1.54, 1.807) is 0 Å². The standard InChI is InChI=1S/C16H13ClF3N3O2S/c1-25-13-6-9(5-12(17)14(13)24)8-21-23-15(26)22-11-4-2-3-10(7-11)16(18,19)20/h2-8,24H,1H3,(H2,22,23,26)/b21-8+. The number of hydrazone groups is 1. The van der Waals surface area contributed by atoms with Crippen LogP contribution in [0.1, 0.15) is 11.1 Å². The number of rotatable bonds is 4. The molecule has 0 aliphatic carbocycles. The zero-order chi connectivity index (χ0) is 19.3. The van der Waals surface area contributed by atoms with E-state index in [0.29, 0.717) is 5.56 Å². The number of aromatic hydroxyl groups is 1. The van der Waals surface area contributed by atoms with E-state index in [2.05, 4.69) is 15.8 Å². The van der Waals surface area contributed by atoms with Gasteiger partial charge >= 0.3 is 6.18 Å². The number of halogens is 4. The van der Waals surface area contributed by atoms with Gasteiger partial charge in [-0.3, -0.25) is 5.43 Å². The molecule has 0 unspecified atom stereocenters. The minimum Gasteiger partial charge on any atom is -0.503 e. The molecule has 0 saturated heterocycles. The first kappa shape index (κ1) is 19.8. The molecule has 0 aliphatic rings. The summed E-state index contributed by atoms with van der Waals surface area (Å²) in [6.45, 7) is 0. The summed E-state index contributed by atoms with van der Waals surface area (Å²) in [4.78, 5) is 0. The van der Waals surface area contributed by atoms with Crippen LogP contribution in [-0.4, -0.2) is 23.5 Å². The molecule has 2 rings (SSSR count). The number of phenols is 1. The quantitative estimate of drug-likeness (QED) is 0.401. The van der Waals surface area contributed by atoms with Crippen molar-refractivity contribution in [1.82, 2.24) is 5.43 Å². The number of benzene rings is 2. The number of anilines is 1. The molecule has 2 aromatic rings. The normalized spacial score (nSPS) is 11.4. The van der Waals surface area contributed by atoms with Crippen molar-refractivity contribution >= 4 is 40.8 Å². The van der Waals surface area contributed by atoms with Crippen molar-refractivity contribution in [2.45, 2.75) is 6.18 Å². The highest BCUT2D eigenvalue weighted by molar-refractivity contribution is 7.80. The van der Waals surface area contributed by atoms with Gasteiger partial charge in [0.25, 0.3) is 0 Å². The van der Waals surface area contributed by atoms with Gasteiger partial charge in [0.2, 0.25) is 0 Å². The Bertz CT molecular complexity index is 844. The number of thiocarbonyl (C=S) groups is 1. The number of hydrogen-bond donors (Lipinski definition) is 3. The van der Waals surface area contributed by atoms with Crippen LogP contribution in [0.15, 0.2) is 41.5 Å². The Kier molecular flexibility index (Phi) is 6.27. The highest BCUT2D eigenvalue weighted by Gasteiger charge is 2.30. The summed E-state index contributed by atoms with van der Waals surface area (Å²) >= 11 is 10.8. The lowest BCUT2D eigenvalue weighted by Crippen LogP contribution is -2.24. The second kappa shape index (κ2) is 8.24. The van der Waals surface area contributed by atoms with Gasteiger partial charge in [-0.05, 0) is 48.1 Å². The average Bonchev–Trinajstić information content (AvgIpc) is 2.57. The summed E-state index contributed by atoms with van der Waals surface area (Å²) in [7, 11) is 1.37. The number of alkyl halides is 3. The molecule has 26 heavy (non-hydrogen) atoms. The Hall–Kier alpha value is -2.52. The molecule has 0 saturated carbocycles. The molecule has 0 amide bonds. The fourth-order valence-electron chi connectivity index (χ4n) is 1.92. The number of ether oxygens (including phenoxy) is 1. The zero-order valence-corrected chi connectivity index (χ0v) is 14.8. The molecule has 0 aliphatic heterocycles. The highest BCUT2D eigenvalue weighted by Crippen LogP contribution is 2.34. The lowest BCUT2D eigenvalue weighted by Gasteiger charge is -2.10. The fourth-order valence-corrected chi connectivity index (χ4v) is 2.31. The predicted octanol–water partition coefficient (Wildman–Crippen LogP) is 4.39. The number of nitrogens with one attached hydrogen (secondary N) is 2. The number of hydrogen-bond acceptors (Lipinski definition) is 4. The van der Waals surface area contributed by atoms with Crippen molar-refractivity contribution in [3.8, 4) is 11.5 Å². The monoisotopic (exact) mass is 403 g/mol. The Morgan fingerprint density at radius 2 is 2.04 bits per heavy atom. The van der Waals surface area contributed by atoms with Gasteiger partial charge in [-0.1, -0.05) is 17.7 Å². The van der Waals surface area contributed by atoms with Crippen molar-refractivity contribution in [1.29, 1.82) is 0 Å². The minimum absolute atomic E-state index is 0.00239. The van der Waals surface area contributed by atoms with E-state index in [-0.39, 0.29) is 27.3 Å². The molecule has 0 aromatic heterocycles. The van der Waals surface area contributed by atoms with Crippen LogP contribution < -0.4 is 15.5 Å². The summed E-state index contributed by atoms with van der Waals surface area (Å²) in [5.74, 6) is -0.0235. The summed E-state index contributed by atoms with van der Waals surface area (Å²) in [6, 6.07) is 7.55. The van der Waals surface area contributed by atoms with E-state index in [1.807, 2.05) is 0 Å². The molecular formula is C16H13ClF3N3O2S.